The number of hydrogen-bond donors (Lipinski definition) is 1. The zero-order valence-electron chi connectivity index (χ0n) is 12.5. The highest BCUT2D eigenvalue weighted by molar-refractivity contribution is 5.93. The van der Waals surface area contributed by atoms with Crippen molar-refractivity contribution in [1.82, 2.24) is 5.01 Å². The smallest absolute Gasteiger partial charge is 0.306 e. The summed E-state index contributed by atoms with van der Waals surface area (Å²) in [5, 5.41) is 8.27. The average Bonchev–Trinajstić information content (AvgIpc) is 2.92. The second-order valence-electron chi connectivity index (χ2n) is 5.39. The number of carbonyl (C=O) groups is 1. The molecular weight excluding hydrogens is 300 g/mol. The van der Waals surface area contributed by atoms with Gasteiger partial charge in [-0.15, -0.1) is 0 Å². The lowest BCUT2D eigenvalue weighted by Crippen LogP contribution is -2.31. The number of anilines is 1. The van der Waals surface area contributed by atoms with Crippen LogP contribution in [0.25, 0.3) is 0 Å². The van der Waals surface area contributed by atoms with Crippen LogP contribution in [0.15, 0.2) is 53.6 Å². The Labute approximate surface area is 132 Å². The highest BCUT2D eigenvalue weighted by Crippen LogP contribution is 2.31. The molecule has 0 fully saturated rings. The standard InChI is InChI=1S/C17H15F2N3O/c1-11-10-16(12-2-4-13(18)5-3-12)22(21-11)17(23)20-15-8-6-14(19)7-9-15/h2-9,16H,10H2,1H3,(H,20,23). The SMILES string of the molecule is CC1=NN(C(=O)Nc2ccc(F)cc2)C(c2ccc(F)cc2)C1. The number of nitrogens with one attached hydrogen (secondary N) is 1. The minimum atomic E-state index is -0.414. The second kappa shape index (κ2) is 6.16. The first-order valence-corrected chi connectivity index (χ1v) is 7.18. The van der Waals surface area contributed by atoms with E-state index in [0.29, 0.717) is 12.1 Å². The lowest BCUT2D eigenvalue weighted by Gasteiger charge is -2.22. The second-order valence-corrected chi connectivity index (χ2v) is 5.39. The third kappa shape index (κ3) is 3.36. The molecule has 1 atom stereocenters. The summed E-state index contributed by atoms with van der Waals surface area (Å²) in [5.74, 6) is -0.700. The monoisotopic (exact) mass is 315 g/mol. The van der Waals surface area contributed by atoms with Crippen molar-refractivity contribution in [3.05, 3.63) is 65.7 Å². The molecule has 1 aliphatic rings. The Morgan fingerprint density at radius 3 is 2.26 bits per heavy atom. The van der Waals surface area contributed by atoms with Gasteiger partial charge >= 0.3 is 6.03 Å². The average molecular weight is 315 g/mol. The zero-order valence-corrected chi connectivity index (χ0v) is 12.5. The largest absolute Gasteiger partial charge is 0.342 e. The molecule has 0 saturated carbocycles. The maximum Gasteiger partial charge on any atom is 0.342 e. The molecule has 1 aliphatic heterocycles. The molecule has 2 amide bonds. The molecule has 2 aromatic carbocycles. The topological polar surface area (TPSA) is 44.7 Å². The summed E-state index contributed by atoms with van der Waals surface area (Å²) in [7, 11) is 0. The van der Waals surface area contributed by atoms with Crippen LogP contribution < -0.4 is 5.32 Å². The van der Waals surface area contributed by atoms with Gasteiger partial charge in [0, 0.05) is 17.8 Å². The van der Waals surface area contributed by atoms with Gasteiger partial charge in [0.15, 0.2) is 0 Å². The summed E-state index contributed by atoms with van der Waals surface area (Å²) in [6.45, 7) is 1.84. The van der Waals surface area contributed by atoms with Crippen LogP contribution in [-0.2, 0) is 0 Å². The number of carbonyl (C=O) groups excluding carboxylic acids is 1. The van der Waals surface area contributed by atoms with E-state index >= 15 is 0 Å². The number of rotatable bonds is 2. The quantitative estimate of drug-likeness (QED) is 0.881. The van der Waals surface area contributed by atoms with Crippen LogP contribution in [0.4, 0.5) is 19.3 Å². The first-order chi connectivity index (χ1) is 11.0. The summed E-state index contributed by atoms with van der Waals surface area (Å²) in [6.07, 6.45) is 0.586. The van der Waals surface area contributed by atoms with Crippen LogP contribution in [-0.4, -0.2) is 16.8 Å². The van der Waals surface area contributed by atoms with Crippen molar-refractivity contribution in [3.63, 3.8) is 0 Å². The van der Waals surface area contributed by atoms with Gasteiger partial charge in [0.05, 0.1) is 6.04 Å². The Hall–Kier alpha value is -2.76. The lowest BCUT2D eigenvalue weighted by molar-refractivity contribution is 0.200. The Morgan fingerprint density at radius 2 is 1.65 bits per heavy atom. The van der Waals surface area contributed by atoms with Crippen molar-refractivity contribution in [2.24, 2.45) is 5.10 Å². The van der Waals surface area contributed by atoms with Crippen molar-refractivity contribution >= 4 is 17.4 Å². The lowest BCUT2D eigenvalue weighted by atomic mass is 10.0. The molecule has 118 valence electrons. The van der Waals surface area contributed by atoms with Crippen molar-refractivity contribution < 1.29 is 13.6 Å². The molecular formula is C17H15F2N3O. The first-order valence-electron chi connectivity index (χ1n) is 7.18. The van der Waals surface area contributed by atoms with E-state index in [4.69, 9.17) is 0 Å². The van der Waals surface area contributed by atoms with Crippen molar-refractivity contribution in [2.75, 3.05) is 5.32 Å². The molecule has 1 N–H and O–H groups in total. The van der Waals surface area contributed by atoms with E-state index in [2.05, 4.69) is 10.4 Å². The molecule has 0 aliphatic carbocycles. The number of hydrazone groups is 1. The van der Waals surface area contributed by atoms with Gasteiger partial charge in [-0.1, -0.05) is 12.1 Å². The van der Waals surface area contributed by atoms with Crippen molar-refractivity contribution in [1.29, 1.82) is 0 Å². The van der Waals surface area contributed by atoms with E-state index < -0.39 is 6.03 Å². The van der Waals surface area contributed by atoms with Crippen LogP contribution in [0.2, 0.25) is 0 Å². The van der Waals surface area contributed by atoms with Crippen molar-refractivity contribution in [2.45, 2.75) is 19.4 Å². The van der Waals surface area contributed by atoms with Gasteiger partial charge in [0.2, 0.25) is 0 Å². The number of urea groups is 1. The molecule has 0 saturated heterocycles. The minimum Gasteiger partial charge on any atom is -0.306 e. The summed E-state index contributed by atoms with van der Waals surface area (Å²) < 4.78 is 26.0. The Morgan fingerprint density at radius 1 is 1.09 bits per heavy atom. The van der Waals surface area contributed by atoms with E-state index in [1.54, 1.807) is 12.1 Å². The summed E-state index contributed by atoms with van der Waals surface area (Å²) in [6, 6.07) is 10.8. The molecule has 3 rings (SSSR count). The molecule has 2 aromatic rings. The number of benzene rings is 2. The highest BCUT2D eigenvalue weighted by Gasteiger charge is 2.31. The Balaban J connectivity index is 1.79. The summed E-state index contributed by atoms with van der Waals surface area (Å²) >= 11 is 0. The molecule has 23 heavy (non-hydrogen) atoms. The molecule has 6 heteroatoms. The third-order valence-electron chi connectivity index (χ3n) is 3.62. The normalized spacial score (nSPS) is 17.1. The summed E-state index contributed by atoms with van der Waals surface area (Å²) in [4.78, 5) is 12.4. The molecule has 1 unspecified atom stereocenters. The number of hydrogen-bond acceptors (Lipinski definition) is 2. The van der Waals surface area contributed by atoms with E-state index in [9.17, 15) is 13.6 Å². The van der Waals surface area contributed by atoms with Crippen LogP contribution in [0.5, 0.6) is 0 Å². The van der Waals surface area contributed by atoms with E-state index in [-0.39, 0.29) is 17.7 Å². The van der Waals surface area contributed by atoms with E-state index in [1.807, 2.05) is 6.92 Å². The van der Waals surface area contributed by atoms with Gasteiger partial charge in [-0.2, -0.15) is 5.10 Å². The fourth-order valence-corrected chi connectivity index (χ4v) is 2.51. The third-order valence-corrected chi connectivity index (χ3v) is 3.62. The van der Waals surface area contributed by atoms with Crippen LogP contribution in [0.1, 0.15) is 24.9 Å². The van der Waals surface area contributed by atoms with Gasteiger partial charge in [0.1, 0.15) is 11.6 Å². The fourth-order valence-electron chi connectivity index (χ4n) is 2.51. The highest BCUT2D eigenvalue weighted by atomic mass is 19.1. The minimum absolute atomic E-state index is 0.281. The van der Waals surface area contributed by atoms with Crippen LogP contribution in [0.3, 0.4) is 0 Å². The maximum absolute atomic E-state index is 13.1. The summed E-state index contributed by atoms with van der Waals surface area (Å²) in [5.41, 5.74) is 2.10. The van der Waals surface area contributed by atoms with Gasteiger partial charge in [-0.25, -0.2) is 18.6 Å². The Bertz CT molecular complexity index is 741. The predicted octanol–water partition coefficient (Wildman–Crippen LogP) is 4.32. The van der Waals surface area contributed by atoms with Crippen LogP contribution in [0, 0.1) is 11.6 Å². The molecule has 4 nitrogen and oxygen atoms in total. The fraction of sp³-hybridized carbons (Fsp3) is 0.176. The van der Waals surface area contributed by atoms with Gasteiger partial charge in [0.25, 0.3) is 0 Å². The van der Waals surface area contributed by atoms with E-state index in [0.717, 1.165) is 11.3 Å². The first kappa shape index (κ1) is 15.1. The van der Waals surface area contributed by atoms with Gasteiger partial charge in [-0.3, -0.25) is 0 Å². The number of nitrogens with zero attached hydrogens (tertiary/aromatic N) is 2. The maximum atomic E-state index is 13.1. The zero-order chi connectivity index (χ0) is 16.4. The molecule has 0 radical (unpaired) electrons. The van der Waals surface area contributed by atoms with Crippen molar-refractivity contribution in [3.8, 4) is 0 Å². The number of amides is 2. The van der Waals surface area contributed by atoms with E-state index in [1.165, 1.54) is 41.4 Å². The molecule has 0 aromatic heterocycles. The molecule has 0 spiro atoms. The molecule has 1 heterocycles. The predicted molar refractivity (Wildman–Crippen MR) is 84.1 cm³/mol. The van der Waals surface area contributed by atoms with Gasteiger partial charge in [-0.05, 0) is 48.9 Å². The van der Waals surface area contributed by atoms with Crippen LogP contribution >= 0.6 is 0 Å². The molecule has 0 bridgehead atoms. The number of halogens is 2. The van der Waals surface area contributed by atoms with Gasteiger partial charge < -0.3 is 5.32 Å². The Kier molecular flexibility index (Phi) is 4.06.